The van der Waals surface area contributed by atoms with Gasteiger partial charge in [0.2, 0.25) is 11.8 Å². The van der Waals surface area contributed by atoms with Crippen LogP contribution >= 0.6 is 12.4 Å². The average molecular weight is 697 g/mol. The van der Waals surface area contributed by atoms with E-state index < -0.39 is 0 Å². The molecule has 2 atom stereocenters. The number of nitrogens with two attached hydrogens (primary N) is 2. The monoisotopic (exact) mass is 696 g/mol. The summed E-state index contributed by atoms with van der Waals surface area (Å²) in [6.07, 6.45) is 1.22. The van der Waals surface area contributed by atoms with Crippen molar-refractivity contribution in [3.8, 4) is 34.3 Å². The molecule has 15 heteroatoms. The number of aryl methyl sites for hydroxylation is 2. The third kappa shape index (κ3) is 7.89. The molecule has 2 aromatic heterocycles. The van der Waals surface area contributed by atoms with Gasteiger partial charge in [0.15, 0.2) is 1.41 Å². The third-order valence-electron chi connectivity index (χ3n) is 8.58. The highest BCUT2D eigenvalue weighted by Gasteiger charge is 2.22. The van der Waals surface area contributed by atoms with Crippen LogP contribution in [0.2, 0.25) is 1.41 Å². The number of benzene rings is 2. The second-order valence-electron chi connectivity index (χ2n) is 11.9. The first-order valence-corrected chi connectivity index (χ1v) is 16.0. The number of nitrogens with zero attached hydrogens (tertiary/aromatic N) is 4. The Balaban J connectivity index is 0.000000170. The summed E-state index contributed by atoms with van der Waals surface area (Å²) in [5.41, 5.74) is 14.9. The van der Waals surface area contributed by atoms with E-state index in [0.717, 1.165) is 57.9 Å². The fourth-order valence-electron chi connectivity index (χ4n) is 6.20. The van der Waals surface area contributed by atoms with Crippen LogP contribution in [0.15, 0.2) is 58.1 Å². The summed E-state index contributed by atoms with van der Waals surface area (Å²) in [5.74, 6) is 0.603. The van der Waals surface area contributed by atoms with E-state index in [1.54, 1.807) is 21.3 Å². The van der Waals surface area contributed by atoms with Crippen molar-refractivity contribution >= 4 is 23.8 Å². The van der Waals surface area contributed by atoms with E-state index in [0.29, 0.717) is 77.7 Å². The largest absolute Gasteiger partial charge is 0.475 e. The Morgan fingerprint density at radius 3 is 1.69 bits per heavy atom. The number of rotatable bonds is 7. The predicted molar refractivity (Wildman–Crippen MR) is 183 cm³/mol. The van der Waals surface area contributed by atoms with Crippen molar-refractivity contribution in [2.45, 2.75) is 38.1 Å². The van der Waals surface area contributed by atoms with Crippen LogP contribution in [0.25, 0.3) is 22.5 Å². The van der Waals surface area contributed by atoms with Gasteiger partial charge in [-0.05, 0) is 48.2 Å². The summed E-state index contributed by atoms with van der Waals surface area (Å²) in [6, 6.07) is 15.0. The van der Waals surface area contributed by atoms with E-state index >= 15 is 0 Å². The molecule has 6 heterocycles. The third-order valence-corrected chi connectivity index (χ3v) is 8.58. The molecule has 49 heavy (non-hydrogen) atoms. The van der Waals surface area contributed by atoms with Gasteiger partial charge in [0.1, 0.15) is 25.4 Å². The molecule has 0 radical (unpaired) electrons. The lowest BCUT2D eigenvalue weighted by molar-refractivity contribution is -0.102. The van der Waals surface area contributed by atoms with Crippen LogP contribution in [-0.4, -0.2) is 84.2 Å². The number of hydrogen-bond donors (Lipinski definition) is 2. The van der Waals surface area contributed by atoms with Gasteiger partial charge >= 0.3 is 11.4 Å². The van der Waals surface area contributed by atoms with E-state index in [1.165, 1.54) is 0 Å². The van der Waals surface area contributed by atoms with Gasteiger partial charge < -0.3 is 39.9 Å². The van der Waals surface area contributed by atoms with Gasteiger partial charge in [-0.3, -0.25) is 9.13 Å². The van der Waals surface area contributed by atoms with Gasteiger partial charge in [-0.1, -0.05) is 12.1 Å². The quantitative estimate of drug-likeness (QED) is 0.270. The molecule has 2 fully saturated rings. The zero-order valence-corrected chi connectivity index (χ0v) is 27.6. The minimum Gasteiger partial charge on any atom is -0.475 e. The Kier molecular flexibility index (Phi) is 10.4. The molecule has 0 aliphatic carbocycles. The molecule has 2 saturated heterocycles. The lowest BCUT2D eigenvalue weighted by Crippen LogP contribution is -2.34. The maximum atomic E-state index is 12.3. The summed E-state index contributed by atoms with van der Waals surface area (Å²) in [4.78, 5) is 32.7. The molecular formula is C34H39ClN6O8. The highest BCUT2D eigenvalue weighted by molar-refractivity contribution is 5.85. The van der Waals surface area contributed by atoms with Crippen LogP contribution in [0, 0.1) is 0 Å². The molecule has 4 aliphatic rings. The van der Waals surface area contributed by atoms with Crippen molar-refractivity contribution < 1.29 is 29.8 Å². The van der Waals surface area contributed by atoms with E-state index in [1.807, 2.05) is 36.4 Å². The molecule has 4 aromatic rings. The van der Waals surface area contributed by atoms with Gasteiger partial charge in [-0.25, -0.2) is 9.59 Å². The van der Waals surface area contributed by atoms with Crippen LogP contribution in [-0.2, 0) is 44.9 Å². The Morgan fingerprint density at radius 1 is 0.735 bits per heavy atom. The summed E-state index contributed by atoms with van der Waals surface area (Å²) in [5, 5.41) is 0. The maximum absolute atomic E-state index is 12.3. The fraction of sp³-hybridized carbons (Fsp3) is 0.412. The highest BCUT2D eigenvalue weighted by Crippen LogP contribution is 2.32. The molecular weight excluding hydrogens is 656 g/mol. The minimum absolute atomic E-state index is 0. The van der Waals surface area contributed by atoms with E-state index in [9.17, 15) is 9.59 Å². The van der Waals surface area contributed by atoms with Crippen LogP contribution in [0.1, 0.15) is 11.1 Å². The molecule has 0 saturated carbocycles. The van der Waals surface area contributed by atoms with Gasteiger partial charge in [0, 0.05) is 47.7 Å². The first-order valence-electron chi connectivity index (χ1n) is 16.5. The maximum Gasteiger partial charge on any atom is 0.351 e. The molecule has 0 amide bonds. The Hall–Kier alpha value is -4.47. The topological polar surface area (TPSA) is 177 Å². The van der Waals surface area contributed by atoms with Crippen LogP contribution in [0.4, 0.5) is 11.4 Å². The number of halogens is 1. The summed E-state index contributed by atoms with van der Waals surface area (Å²) in [7, 11) is 0. The number of ether oxygens (including phenoxy) is 6. The Morgan fingerprint density at radius 2 is 1.22 bits per heavy atom. The number of anilines is 2. The summed E-state index contributed by atoms with van der Waals surface area (Å²) < 4.78 is 43.7. The second-order valence-corrected chi connectivity index (χ2v) is 11.9. The average Bonchev–Trinajstić information content (AvgIpc) is 3.13. The normalized spacial score (nSPS) is 19.2. The zero-order valence-electron chi connectivity index (χ0n) is 27.8. The molecule has 0 bridgehead atoms. The fourth-order valence-corrected chi connectivity index (χ4v) is 6.20. The number of aromatic nitrogens is 4. The summed E-state index contributed by atoms with van der Waals surface area (Å²) >= 11 is 0. The molecule has 0 spiro atoms. The minimum atomic E-state index is -0.318. The van der Waals surface area contributed by atoms with E-state index in [2.05, 4.69) is 15.7 Å². The lowest BCUT2D eigenvalue weighted by Gasteiger charge is -2.24. The van der Waals surface area contributed by atoms with E-state index in [-0.39, 0.29) is 36.0 Å². The smallest absolute Gasteiger partial charge is 0.351 e. The first-order chi connectivity index (χ1) is 23.9. The van der Waals surface area contributed by atoms with E-state index in [4.69, 9.17) is 35.6 Å². The van der Waals surface area contributed by atoms with Crippen molar-refractivity contribution in [1.82, 2.24) is 19.1 Å². The molecule has 0 unspecified atom stereocenters. The second kappa shape index (κ2) is 15.4. The molecule has 4 N–H and O–H groups in total. The molecule has 8 rings (SSSR count). The number of nitrogen functional groups attached to an aromatic ring is 2. The van der Waals surface area contributed by atoms with Crippen molar-refractivity contribution in [3.63, 3.8) is 0 Å². The first kappa shape index (κ1) is 33.0. The van der Waals surface area contributed by atoms with Gasteiger partial charge in [-0.15, -0.1) is 12.4 Å². The highest BCUT2D eigenvalue weighted by atomic mass is 35.5. The Labute approximate surface area is 289 Å². The molecule has 260 valence electrons. The van der Waals surface area contributed by atoms with Crippen molar-refractivity contribution in [2.24, 2.45) is 0 Å². The zero-order chi connectivity index (χ0) is 33.7. The standard InChI is InChI=1S/2C17H19N3O4.ClH/c2*18-12-1-2-14-11(7-12)3-4-20-15(14)8-16(19-17(20)21)24-10-13-9-22-5-6-23-13;/h2*1-2,7-8,13H,3-6,9-10,18H2;1H/t2*13-;/m00./s1/i/hT. The van der Waals surface area contributed by atoms with Crippen LogP contribution < -0.4 is 32.3 Å². The number of fused-ring (bicyclic) bond motifs is 6. The SMILES string of the molecule is Cl.Nc1ccc2c(c1)CCn1c-2cc(OC[C@@H]2COCCO2)nc1=O.[3H]Nc1ccc2c(c1)CCn1c-2cc(OC[C@@H]2COCCO2)nc1=O. The molecule has 4 aliphatic heterocycles. The van der Waals surface area contributed by atoms with Crippen molar-refractivity contribution in [3.05, 3.63) is 80.6 Å². The van der Waals surface area contributed by atoms with Crippen molar-refractivity contribution in [1.29, 1.82) is 0 Å². The van der Waals surface area contributed by atoms with Gasteiger partial charge in [0.05, 0.1) is 51.0 Å². The van der Waals surface area contributed by atoms with Crippen molar-refractivity contribution in [2.75, 3.05) is 64.3 Å². The number of hydrogen-bond acceptors (Lipinski definition) is 12. The molecule has 14 nitrogen and oxygen atoms in total. The van der Waals surface area contributed by atoms with Crippen LogP contribution in [0.3, 0.4) is 0 Å². The predicted octanol–water partition coefficient (Wildman–Crippen LogP) is 2.11. The van der Waals surface area contributed by atoms with Crippen LogP contribution in [0.5, 0.6) is 11.8 Å². The lowest BCUT2D eigenvalue weighted by atomic mass is 9.97. The van der Waals surface area contributed by atoms with Gasteiger partial charge in [-0.2, -0.15) is 9.97 Å². The summed E-state index contributed by atoms with van der Waals surface area (Å²) in [6.45, 7) is 5.05. The van der Waals surface area contributed by atoms with Gasteiger partial charge in [0.25, 0.3) is 0 Å². The molecule has 2 aromatic carbocycles. The Bertz CT molecular complexity index is 1930.